The monoisotopic (exact) mass is 313 g/mol. The summed E-state index contributed by atoms with van der Waals surface area (Å²) < 4.78 is 0. The molecule has 0 unspecified atom stereocenters. The molecule has 3 aromatic carbocycles. The van der Waals surface area contributed by atoms with Crippen molar-refractivity contribution in [3.8, 4) is 11.5 Å². The van der Waals surface area contributed by atoms with E-state index < -0.39 is 0 Å². The molecule has 0 spiro atoms. The SMILES string of the molecule is Oc1ccc2ccccc2c1/C=C/c1ccc2cccc(O)c2n1. The third-order valence-electron chi connectivity index (χ3n) is 4.09. The van der Waals surface area contributed by atoms with Gasteiger partial charge in [-0.05, 0) is 41.1 Å². The lowest BCUT2D eigenvalue weighted by molar-refractivity contribution is 0.475. The summed E-state index contributed by atoms with van der Waals surface area (Å²) in [5, 5.41) is 23.1. The molecule has 1 heterocycles. The van der Waals surface area contributed by atoms with Crippen molar-refractivity contribution in [2.45, 2.75) is 0 Å². The van der Waals surface area contributed by atoms with Crippen LogP contribution < -0.4 is 0 Å². The average molecular weight is 313 g/mol. The molecule has 3 nitrogen and oxygen atoms in total. The van der Waals surface area contributed by atoms with Crippen LogP contribution in [0.1, 0.15) is 11.3 Å². The minimum absolute atomic E-state index is 0.163. The summed E-state index contributed by atoms with van der Waals surface area (Å²) in [7, 11) is 0. The second kappa shape index (κ2) is 5.70. The predicted molar refractivity (Wildman–Crippen MR) is 97.9 cm³/mol. The van der Waals surface area contributed by atoms with Gasteiger partial charge in [0.15, 0.2) is 0 Å². The van der Waals surface area contributed by atoms with Gasteiger partial charge in [-0.2, -0.15) is 0 Å². The van der Waals surface area contributed by atoms with Crippen molar-refractivity contribution in [1.82, 2.24) is 4.98 Å². The first kappa shape index (κ1) is 14.3. The van der Waals surface area contributed by atoms with Crippen LogP contribution in [0, 0.1) is 0 Å². The number of aromatic nitrogens is 1. The van der Waals surface area contributed by atoms with Gasteiger partial charge in [0, 0.05) is 10.9 Å². The third kappa shape index (κ3) is 2.46. The maximum absolute atomic E-state index is 10.2. The number of fused-ring (bicyclic) bond motifs is 2. The van der Waals surface area contributed by atoms with Crippen LogP contribution in [-0.2, 0) is 0 Å². The highest BCUT2D eigenvalue weighted by Gasteiger charge is 2.04. The standard InChI is InChI=1S/C21H15NO2/c23-19-13-9-14-4-1-2-6-17(14)18(19)12-11-16-10-8-15-5-3-7-20(24)21(15)22-16/h1-13,23-24H/b12-11+. The zero-order valence-electron chi connectivity index (χ0n) is 12.8. The molecule has 0 aliphatic carbocycles. The molecule has 0 saturated carbocycles. The minimum atomic E-state index is 0.163. The van der Waals surface area contributed by atoms with Crippen molar-refractivity contribution < 1.29 is 10.2 Å². The largest absolute Gasteiger partial charge is 0.507 e. The Kier molecular flexibility index (Phi) is 3.39. The highest BCUT2D eigenvalue weighted by atomic mass is 16.3. The summed E-state index contributed by atoms with van der Waals surface area (Å²) in [5.41, 5.74) is 2.05. The molecule has 0 fully saturated rings. The summed E-state index contributed by atoms with van der Waals surface area (Å²) in [5.74, 6) is 0.393. The van der Waals surface area contributed by atoms with Gasteiger partial charge >= 0.3 is 0 Å². The van der Waals surface area contributed by atoms with Gasteiger partial charge in [0.2, 0.25) is 0 Å². The van der Waals surface area contributed by atoms with E-state index in [0.717, 1.165) is 27.4 Å². The van der Waals surface area contributed by atoms with Crippen molar-refractivity contribution in [1.29, 1.82) is 0 Å². The molecular weight excluding hydrogens is 298 g/mol. The molecule has 0 radical (unpaired) electrons. The Morgan fingerprint density at radius 1 is 0.667 bits per heavy atom. The van der Waals surface area contributed by atoms with Crippen LogP contribution in [0.25, 0.3) is 33.8 Å². The molecule has 3 heteroatoms. The number of phenols is 2. The van der Waals surface area contributed by atoms with Crippen molar-refractivity contribution in [2.75, 3.05) is 0 Å². The molecule has 4 rings (SSSR count). The van der Waals surface area contributed by atoms with E-state index in [1.165, 1.54) is 0 Å². The molecular formula is C21H15NO2. The maximum Gasteiger partial charge on any atom is 0.141 e. The molecule has 2 N–H and O–H groups in total. The Morgan fingerprint density at radius 2 is 1.46 bits per heavy atom. The molecule has 1 aromatic heterocycles. The first-order valence-corrected chi connectivity index (χ1v) is 7.70. The van der Waals surface area contributed by atoms with Crippen LogP contribution in [-0.4, -0.2) is 15.2 Å². The quantitative estimate of drug-likeness (QED) is 0.549. The van der Waals surface area contributed by atoms with Crippen LogP contribution >= 0.6 is 0 Å². The van der Waals surface area contributed by atoms with Crippen molar-refractivity contribution >= 4 is 33.8 Å². The maximum atomic E-state index is 10.2. The first-order chi connectivity index (χ1) is 11.7. The fourth-order valence-corrected chi connectivity index (χ4v) is 2.87. The lowest BCUT2D eigenvalue weighted by Crippen LogP contribution is -1.84. The highest BCUT2D eigenvalue weighted by Crippen LogP contribution is 2.29. The second-order valence-electron chi connectivity index (χ2n) is 5.64. The van der Waals surface area contributed by atoms with Gasteiger partial charge in [0.25, 0.3) is 0 Å². The predicted octanol–water partition coefficient (Wildman–Crippen LogP) is 4.97. The van der Waals surface area contributed by atoms with Gasteiger partial charge in [-0.1, -0.05) is 48.5 Å². The minimum Gasteiger partial charge on any atom is -0.507 e. The van der Waals surface area contributed by atoms with E-state index in [-0.39, 0.29) is 11.5 Å². The second-order valence-corrected chi connectivity index (χ2v) is 5.64. The van der Waals surface area contributed by atoms with Crippen LogP contribution in [0.2, 0.25) is 0 Å². The van der Waals surface area contributed by atoms with E-state index in [1.54, 1.807) is 18.2 Å². The molecule has 0 bridgehead atoms. The van der Waals surface area contributed by atoms with E-state index in [9.17, 15) is 10.2 Å². The van der Waals surface area contributed by atoms with Crippen LogP contribution in [0.15, 0.2) is 66.7 Å². The van der Waals surface area contributed by atoms with Crippen LogP contribution in [0.4, 0.5) is 0 Å². The van der Waals surface area contributed by atoms with Crippen LogP contribution in [0.5, 0.6) is 11.5 Å². The summed E-state index contributed by atoms with van der Waals surface area (Å²) >= 11 is 0. The number of aromatic hydroxyl groups is 2. The molecule has 0 saturated heterocycles. The molecule has 0 aliphatic rings. The fraction of sp³-hybridized carbons (Fsp3) is 0. The van der Waals surface area contributed by atoms with E-state index in [0.29, 0.717) is 5.52 Å². The van der Waals surface area contributed by atoms with Crippen molar-refractivity contribution in [3.05, 3.63) is 78.0 Å². The van der Waals surface area contributed by atoms with E-state index >= 15 is 0 Å². The first-order valence-electron chi connectivity index (χ1n) is 7.70. The number of nitrogens with zero attached hydrogens (tertiary/aromatic N) is 1. The zero-order chi connectivity index (χ0) is 16.5. The highest BCUT2D eigenvalue weighted by molar-refractivity contribution is 5.95. The summed E-state index contributed by atoms with van der Waals surface area (Å²) in [4.78, 5) is 4.48. The molecule has 0 aliphatic heterocycles. The van der Waals surface area contributed by atoms with Crippen LogP contribution in [0.3, 0.4) is 0 Å². The van der Waals surface area contributed by atoms with Gasteiger partial charge in [0.05, 0.1) is 5.69 Å². The number of rotatable bonds is 2. The van der Waals surface area contributed by atoms with Gasteiger partial charge in [0.1, 0.15) is 17.0 Å². The number of phenolic OH excluding ortho intramolecular Hbond substituents is 2. The number of pyridine rings is 1. The molecule has 0 atom stereocenters. The summed E-state index contributed by atoms with van der Waals surface area (Å²) in [6.45, 7) is 0. The fourth-order valence-electron chi connectivity index (χ4n) is 2.87. The van der Waals surface area contributed by atoms with E-state index in [2.05, 4.69) is 4.98 Å². The van der Waals surface area contributed by atoms with Crippen molar-refractivity contribution in [3.63, 3.8) is 0 Å². The normalized spacial score (nSPS) is 11.5. The van der Waals surface area contributed by atoms with E-state index in [1.807, 2.05) is 60.7 Å². The Labute approximate surface area is 139 Å². The lowest BCUT2D eigenvalue weighted by atomic mass is 10.0. The summed E-state index contributed by atoms with van der Waals surface area (Å²) in [6.07, 6.45) is 3.69. The van der Waals surface area contributed by atoms with E-state index in [4.69, 9.17) is 0 Å². The molecule has 0 amide bonds. The lowest BCUT2D eigenvalue weighted by Gasteiger charge is -2.05. The Balaban J connectivity index is 1.81. The average Bonchev–Trinajstić information content (AvgIpc) is 2.61. The number of para-hydroxylation sites is 1. The van der Waals surface area contributed by atoms with Gasteiger partial charge in [-0.3, -0.25) is 0 Å². The number of hydrogen-bond acceptors (Lipinski definition) is 3. The molecule has 116 valence electrons. The molecule has 24 heavy (non-hydrogen) atoms. The van der Waals surface area contributed by atoms with Gasteiger partial charge < -0.3 is 10.2 Å². The van der Waals surface area contributed by atoms with Gasteiger partial charge in [-0.25, -0.2) is 4.98 Å². The smallest absolute Gasteiger partial charge is 0.141 e. The number of benzene rings is 3. The zero-order valence-corrected chi connectivity index (χ0v) is 12.8. The molecule has 4 aromatic rings. The Morgan fingerprint density at radius 3 is 2.38 bits per heavy atom. The van der Waals surface area contributed by atoms with Crippen molar-refractivity contribution in [2.24, 2.45) is 0 Å². The van der Waals surface area contributed by atoms with Gasteiger partial charge in [-0.15, -0.1) is 0 Å². The number of hydrogen-bond donors (Lipinski definition) is 2. The topological polar surface area (TPSA) is 53.4 Å². The Bertz CT molecular complexity index is 1080. The Hall–Kier alpha value is -3.33. The third-order valence-corrected chi connectivity index (χ3v) is 4.09. The summed E-state index contributed by atoms with van der Waals surface area (Å²) in [6, 6.07) is 20.6.